The molecule has 0 aromatic heterocycles. The third-order valence-corrected chi connectivity index (χ3v) is 7.68. The van der Waals surface area contributed by atoms with E-state index in [1.807, 2.05) is 121 Å². The Morgan fingerprint density at radius 3 is 1.03 bits per heavy atom. The number of hydrogen-bond donors (Lipinski definition) is 0. The first kappa shape index (κ1) is 25.2. The van der Waals surface area contributed by atoms with Gasteiger partial charge in [-0.1, -0.05) is 133 Å². The first-order valence-electron chi connectivity index (χ1n) is 12.3. The molecule has 0 heterocycles. The van der Waals surface area contributed by atoms with Crippen molar-refractivity contribution in [1.29, 1.82) is 0 Å². The number of alkyl halides is 2. The monoisotopic (exact) mass is 486 g/mol. The number of thioether (sulfide) groups is 1. The standard InChI is InChI=1S/C32H32F2S/c33-31(25-29-17-9-3-10-18-29,23-21-27-13-5-1-6-14-27)35-32(34,26-30-19-11-4-12-20-30)24-22-28-15-7-2-8-16-28/h1-20H,21-26H2. The minimum Gasteiger partial charge on any atom is -0.231 e. The molecule has 0 saturated heterocycles. The van der Waals surface area contributed by atoms with Crippen LogP contribution in [0.4, 0.5) is 8.78 Å². The molecule has 0 saturated carbocycles. The van der Waals surface area contributed by atoms with Crippen LogP contribution in [0.1, 0.15) is 35.1 Å². The molecule has 3 heteroatoms. The molecule has 180 valence electrons. The molecule has 4 aromatic rings. The Morgan fingerprint density at radius 1 is 0.429 bits per heavy atom. The fourth-order valence-corrected chi connectivity index (χ4v) is 5.97. The number of hydrogen-bond acceptors (Lipinski definition) is 1. The van der Waals surface area contributed by atoms with Crippen LogP contribution >= 0.6 is 11.8 Å². The van der Waals surface area contributed by atoms with Gasteiger partial charge in [-0.25, -0.2) is 8.78 Å². The van der Waals surface area contributed by atoms with Crippen molar-refractivity contribution in [2.75, 3.05) is 0 Å². The second-order valence-electron chi connectivity index (χ2n) is 9.16. The number of halogens is 2. The Morgan fingerprint density at radius 2 is 0.714 bits per heavy atom. The summed E-state index contributed by atoms with van der Waals surface area (Å²) in [5.74, 6) is 0. The normalized spacial score (nSPS) is 14.7. The third-order valence-electron chi connectivity index (χ3n) is 6.25. The average molecular weight is 487 g/mol. The van der Waals surface area contributed by atoms with Gasteiger partial charge in [-0.3, -0.25) is 0 Å². The highest BCUT2D eigenvalue weighted by Crippen LogP contribution is 2.48. The molecule has 0 bridgehead atoms. The fourth-order valence-electron chi connectivity index (χ4n) is 4.43. The smallest absolute Gasteiger partial charge is 0.163 e. The summed E-state index contributed by atoms with van der Waals surface area (Å²) in [6.45, 7) is 0. The first-order valence-corrected chi connectivity index (χ1v) is 13.1. The van der Waals surface area contributed by atoms with E-state index in [0.29, 0.717) is 12.8 Å². The van der Waals surface area contributed by atoms with Gasteiger partial charge in [0.25, 0.3) is 0 Å². The average Bonchev–Trinajstić information content (AvgIpc) is 2.89. The lowest BCUT2D eigenvalue weighted by atomic mass is 10.0. The van der Waals surface area contributed by atoms with E-state index in [0.717, 1.165) is 34.0 Å². The van der Waals surface area contributed by atoms with E-state index >= 15 is 8.78 Å². The predicted octanol–water partition coefficient (Wildman–Crippen LogP) is 8.80. The van der Waals surface area contributed by atoms with Crippen LogP contribution < -0.4 is 0 Å². The van der Waals surface area contributed by atoms with Crippen LogP contribution in [-0.2, 0) is 25.7 Å². The maximum absolute atomic E-state index is 16.8. The van der Waals surface area contributed by atoms with Gasteiger partial charge in [-0.15, -0.1) is 0 Å². The summed E-state index contributed by atoms with van der Waals surface area (Å²) in [6.07, 6.45) is 1.99. The van der Waals surface area contributed by atoms with Crippen molar-refractivity contribution in [2.24, 2.45) is 0 Å². The molecular formula is C32H32F2S. The zero-order valence-corrected chi connectivity index (χ0v) is 20.8. The van der Waals surface area contributed by atoms with E-state index in [1.54, 1.807) is 0 Å². The van der Waals surface area contributed by atoms with Crippen molar-refractivity contribution >= 4 is 11.8 Å². The van der Waals surface area contributed by atoms with Crippen molar-refractivity contribution in [1.82, 2.24) is 0 Å². The lowest BCUT2D eigenvalue weighted by Crippen LogP contribution is -2.33. The zero-order chi connectivity index (χ0) is 24.4. The molecule has 0 radical (unpaired) electrons. The summed E-state index contributed by atoms with van der Waals surface area (Å²) in [5, 5.41) is -3.48. The molecule has 0 aliphatic carbocycles. The Kier molecular flexibility index (Phi) is 8.76. The van der Waals surface area contributed by atoms with Gasteiger partial charge >= 0.3 is 0 Å². The lowest BCUT2D eigenvalue weighted by Gasteiger charge is -2.34. The molecule has 0 amide bonds. The van der Waals surface area contributed by atoms with E-state index < -0.39 is 10.0 Å². The van der Waals surface area contributed by atoms with Gasteiger partial charge in [-0.05, 0) is 47.9 Å². The molecule has 0 aliphatic rings. The molecule has 0 nitrogen and oxygen atoms in total. The summed E-state index contributed by atoms with van der Waals surface area (Å²) < 4.78 is 33.6. The summed E-state index contributed by atoms with van der Waals surface area (Å²) in [5.41, 5.74) is 3.92. The third kappa shape index (κ3) is 8.07. The molecule has 4 aromatic carbocycles. The fraction of sp³-hybridized carbons (Fsp3) is 0.250. The second kappa shape index (κ2) is 12.2. The molecule has 35 heavy (non-hydrogen) atoms. The quantitative estimate of drug-likeness (QED) is 0.193. The maximum atomic E-state index is 16.8. The summed E-state index contributed by atoms with van der Waals surface area (Å²) in [7, 11) is 0. The Balaban J connectivity index is 1.59. The van der Waals surface area contributed by atoms with Gasteiger partial charge in [0.2, 0.25) is 0 Å². The summed E-state index contributed by atoms with van der Waals surface area (Å²) in [4.78, 5) is 0. The molecule has 0 spiro atoms. The SMILES string of the molecule is FC(CCc1ccccc1)(Cc1ccccc1)SC(F)(CCc1ccccc1)Cc1ccccc1. The minimum absolute atomic E-state index is 0.178. The summed E-state index contributed by atoms with van der Waals surface area (Å²) >= 11 is 0.889. The molecule has 2 atom stereocenters. The molecule has 0 fully saturated rings. The number of rotatable bonds is 12. The van der Waals surface area contributed by atoms with Crippen LogP contribution in [-0.4, -0.2) is 10.0 Å². The van der Waals surface area contributed by atoms with Crippen molar-refractivity contribution in [3.8, 4) is 0 Å². The topological polar surface area (TPSA) is 0 Å². The molecule has 0 N–H and O–H groups in total. The van der Waals surface area contributed by atoms with Crippen molar-refractivity contribution < 1.29 is 8.78 Å². The number of aryl methyl sites for hydroxylation is 2. The van der Waals surface area contributed by atoms with Crippen LogP contribution in [0.2, 0.25) is 0 Å². The number of benzene rings is 4. The highest BCUT2D eigenvalue weighted by atomic mass is 32.2. The second-order valence-corrected chi connectivity index (χ2v) is 10.8. The van der Waals surface area contributed by atoms with Crippen LogP contribution in [0.15, 0.2) is 121 Å². The predicted molar refractivity (Wildman–Crippen MR) is 145 cm³/mol. The highest BCUT2D eigenvalue weighted by molar-refractivity contribution is 8.01. The first-order chi connectivity index (χ1) is 17.0. The Labute approximate surface area is 212 Å². The molecule has 0 aliphatic heterocycles. The lowest BCUT2D eigenvalue weighted by molar-refractivity contribution is 0.229. The van der Waals surface area contributed by atoms with Crippen molar-refractivity contribution in [3.05, 3.63) is 144 Å². The van der Waals surface area contributed by atoms with Crippen LogP contribution in [0.3, 0.4) is 0 Å². The molecule has 4 rings (SSSR count). The van der Waals surface area contributed by atoms with Gasteiger partial charge in [-0.2, -0.15) is 0 Å². The van der Waals surface area contributed by atoms with E-state index in [2.05, 4.69) is 0 Å². The Hall–Kier alpha value is -2.91. The van der Waals surface area contributed by atoms with Crippen LogP contribution in [0.5, 0.6) is 0 Å². The van der Waals surface area contributed by atoms with E-state index in [4.69, 9.17) is 0 Å². The molecular weight excluding hydrogens is 454 g/mol. The van der Waals surface area contributed by atoms with Crippen molar-refractivity contribution in [3.63, 3.8) is 0 Å². The van der Waals surface area contributed by atoms with Gasteiger partial charge in [0.1, 0.15) is 0 Å². The van der Waals surface area contributed by atoms with Crippen LogP contribution in [0, 0.1) is 0 Å². The maximum Gasteiger partial charge on any atom is 0.163 e. The van der Waals surface area contributed by atoms with Gasteiger partial charge in [0, 0.05) is 12.8 Å². The van der Waals surface area contributed by atoms with E-state index in [-0.39, 0.29) is 25.7 Å². The zero-order valence-electron chi connectivity index (χ0n) is 20.0. The van der Waals surface area contributed by atoms with E-state index in [9.17, 15) is 0 Å². The Bertz CT molecular complexity index is 1040. The van der Waals surface area contributed by atoms with Gasteiger partial charge in [0.05, 0.1) is 0 Å². The van der Waals surface area contributed by atoms with Gasteiger partial charge < -0.3 is 0 Å². The van der Waals surface area contributed by atoms with Gasteiger partial charge in [0.15, 0.2) is 10.0 Å². The van der Waals surface area contributed by atoms with E-state index in [1.165, 1.54) is 0 Å². The highest BCUT2D eigenvalue weighted by Gasteiger charge is 2.42. The minimum atomic E-state index is -1.74. The summed E-state index contributed by atoms with van der Waals surface area (Å²) in [6, 6.07) is 39.1. The largest absolute Gasteiger partial charge is 0.231 e. The molecule has 2 unspecified atom stereocenters. The van der Waals surface area contributed by atoms with Crippen LogP contribution in [0.25, 0.3) is 0 Å². The van der Waals surface area contributed by atoms with Crippen molar-refractivity contribution in [2.45, 2.75) is 48.5 Å².